The summed E-state index contributed by atoms with van der Waals surface area (Å²) in [6.07, 6.45) is 4.41. The third-order valence-electron chi connectivity index (χ3n) is 2.84. The number of nitrogens with one attached hydrogen (secondary N) is 1. The number of nitrogens with zero attached hydrogens (tertiary/aromatic N) is 1. The van der Waals surface area contributed by atoms with Crippen LogP contribution in [-0.4, -0.2) is 25.3 Å². The van der Waals surface area contributed by atoms with E-state index in [2.05, 4.69) is 25.2 Å². The topological polar surface area (TPSA) is 45.0 Å². The van der Waals surface area contributed by atoms with E-state index in [4.69, 9.17) is 4.74 Å². The first kappa shape index (κ1) is 12.5. The first-order valence-electron chi connectivity index (χ1n) is 6.03. The molecular weight excluding hydrogens is 188 g/mol. The molecule has 0 spiro atoms. The van der Waals surface area contributed by atoms with Crippen LogP contribution in [0.4, 0.5) is 0 Å². The minimum atomic E-state index is -0.412. The van der Waals surface area contributed by atoms with E-state index in [1.165, 1.54) is 12.8 Å². The van der Waals surface area contributed by atoms with Gasteiger partial charge < -0.3 is 4.74 Å². The largest absolute Gasteiger partial charge is 0.378 e. The number of hydrogen-bond acceptors (Lipinski definition) is 3. The molecule has 0 saturated heterocycles. The second-order valence-electron chi connectivity index (χ2n) is 4.34. The van der Waals surface area contributed by atoms with Gasteiger partial charge in [0.25, 0.3) is 0 Å². The quantitative estimate of drug-likeness (QED) is 0.624. The third-order valence-corrected chi connectivity index (χ3v) is 2.84. The van der Waals surface area contributed by atoms with E-state index in [0.29, 0.717) is 12.5 Å². The van der Waals surface area contributed by atoms with Crippen LogP contribution in [0.1, 0.15) is 39.5 Å². The van der Waals surface area contributed by atoms with Gasteiger partial charge in [-0.15, -0.1) is 0 Å². The van der Waals surface area contributed by atoms with E-state index in [9.17, 15) is 5.26 Å². The molecule has 1 saturated carbocycles. The highest BCUT2D eigenvalue weighted by atomic mass is 16.5. The lowest BCUT2D eigenvalue weighted by atomic mass is 9.96. The second-order valence-corrected chi connectivity index (χ2v) is 4.34. The monoisotopic (exact) mass is 210 g/mol. The van der Waals surface area contributed by atoms with Gasteiger partial charge in [-0.3, -0.25) is 5.32 Å². The average Bonchev–Trinajstić information content (AvgIpc) is 3.08. The Bertz CT molecular complexity index is 220. The van der Waals surface area contributed by atoms with E-state index in [-0.39, 0.29) is 0 Å². The standard InChI is InChI=1S/C12H22N2O/c1-3-7-14-12(9-13,11-5-6-11)10-15-8-4-2/h11,14H,3-8,10H2,1-2H3. The molecule has 0 heterocycles. The Labute approximate surface area is 92.8 Å². The highest BCUT2D eigenvalue weighted by molar-refractivity contribution is 5.15. The molecule has 0 aromatic rings. The Morgan fingerprint density at radius 2 is 2.13 bits per heavy atom. The molecule has 3 heteroatoms. The molecule has 1 rings (SSSR count). The molecule has 1 aliphatic carbocycles. The Balaban J connectivity index is 2.46. The molecule has 15 heavy (non-hydrogen) atoms. The maximum absolute atomic E-state index is 9.32. The molecule has 1 fully saturated rings. The van der Waals surface area contributed by atoms with Gasteiger partial charge in [0.05, 0.1) is 12.7 Å². The zero-order valence-electron chi connectivity index (χ0n) is 9.88. The molecule has 86 valence electrons. The number of ether oxygens (including phenoxy) is 1. The van der Waals surface area contributed by atoms with Crippen molar-refractivity contribution in [3.63, 3.8) is 0 Å². The van der Waals surface area contributed by atoms with E-state index >= 15 is 0 Å². The van der Waals surface area contributed by atoms with Crippen LogP contribution in [0.2, 0.25) is 0 Å². The van der Waals surface area contributed by atoms with Gasteiger partial charge in [0.1, 0.15) is 5.54 Å². The van der Waals surface area contributed by atoms with E-state index in [1.54, 1.807) is 0 Å². The summed E-state index contributed by atoms with van der Waals surface area (Å²) < 4.78 is 5.55. The average molecular weight is 210 g/mol. The Morgan fingerprint density at radius 1 is 1.40 bits per heavy atom. The zero-order valence-corrected chi connectivity index (χ0v) is 9.88. The first-order valence-corrected chi connectivity index (χ1v) is 6.03. The van der Waals surface area contributed by atoms with Gasteiger partial charge in [-0.25, -0.2) is 0 Å². The molecular formula is C12H22N2O. The maximum atomic E-state index is 9.32. The van der Waals surface area contributed by atoms with Crippen LogP contribution >= 0.6 is 0 Å². The van der Waals surface area contributed by atoms with Crippen LogP contribution < -0.4 is 5.32 Å². The van der Waals surface area contributed by atoms with Gasteiger partial charge in [-0.1, -0.05) is 13.8 Å². The lowest BCUT2D eigenvalue weighted by Crippen LogP contribution is -2.50. The summed E-state index contributed by atoms with van der Waals surface area (Å²) >= 11 is 0. The van der Waals surface area contributed by atoms with Crippen LogP contribution in [0, 0.1) is 17.2 Å². The molecule has 3 nitrogen and oxygen atoms in total. The molecule has 0 aromatic heterocycles. The van der Waals surface area contributed by atoms with Crippen LogP contribution in [0.15, 0.2) is 0 Å². The molecule has 0 aromatic carbocycles. The van der Waals surface area contributed by atoms with Crippen molar-refractivity contribution in [3.05, 3.63) is 0 Å². The summed E-state index contributed by atoms with van der Waals surface area (Å²) in [5.74, 6) is 0.505. The SMILES string of the molecule is CCCNC(C#N)(COCCC)C1CC1. The van der Waals surface area contributed by atoms with Crippen molar-refractivity contribution in [1.82, 2.24) is 5.32 Å². The molecule has 1 atom stereocenters. The highest BCUT2D eigenvalue weighted by Crippen LogP contribution is 2.39. The summed E-state index contributed by atoms with van der Waals surface area (Å²) in [5.41, 5.74) is -0.412. The second kappa shape index (κ2) is 6.09. The zero-order chi connectivity index (χ0) is 11.1. The normalized spacial score (nSPS) is 19.5. The molecule has 0 aliphatic heterocycles. The first-order chi connectivity index (χ1) is 7.29. The summed E-state index contributed by atoms with van der Waals surface area (Å²) in [4.78, 5) is 0. The molecule has 0 radical (unpaired) electrons. The number of rotatable bonds is 8. The Kier molecular flexibility index (Phi) is 5.07. The van der Waals surface area contributed by atoms with Crippen molar-refractivity contribution in [2.45, 2.75) is 45.1 Å². The highest BCUT2D eigenvalue weighted by Gasteiger charge is 2.45. The van der Waals surface area contributed by atoms with Crippen LogP contribution in [0.5, 0.6) is 0 Å². The van der Waals surface area contributed by atoms with Crippen LogP contribution in [0.25, 0.3) is 0 Å². The lowest BCUT2D eigenvalue weighted by molar-refractivity contribution is 0.0813. The fourth-order valence-corrected chi connectivity index (χ4v) is 1.78. The van der Waals surface area contributed by atoms with Crippen molar-refractivity contribution < 1.29 is 4.74 Å². The van der Waals surface area contributed by atoms with Gasteiger partial charge in [-0.2, -0.15) is 5.26 Å². The van der Waals surface area contributed by atoms with Crippen molar-refractivity contribution in [3.8, 4) is 6.07 Å². The lowest BCUT2D eigenvalue weighted by Gasteiger charge is -2.27. The van der Waals surface area contributed by atoms with Gasteiger partial charge in [-0.05, 0) is 38.1 Å². The summed E-state index contributed by atoms with van der Waals surface area (Å²) in [6.45, 7) is 6.41. The van der Waals surface area contributed by atoms with Gasteiger partial charge in [0.2, 0.25) is 0 Å². The molecule has 1 unspecified atom stereocenters. The van der Waals surface area contributed by atoms with Crippen LogP contribution in [-0.2, 0) is 4.74 Å². The summed E-state index contributed by atoms with van der Waals surface area (Å²) in [6, 6.07) is 2.44. The van der Waals surface area contributed by atoms with Crippen LogP contribution in [0.3, 0.4) is 0 Å². The fraction of sp³-hybridized carbons (Fsp3) is 0.917. The molecule has 1 N–H and O–H groups in total. The van der Waals surface area contributed by atoms with Crippen molar-refractivity contribution >= 4 is 0 Å². The Hall–Kier alpha value is -0.590. The molecule has 1 aliphatic rings. The predicted octanol–water partition coefficient (Wildman–Crippen LogP) is 2.08. The summed E-state index contributed by atoms with van der Waals surface area (Å²) in [5, 5.41) is 12.7. The number of hydrogen-bond donors (Lipinski definition) is 1. The van der Waals surface area contributed by atoms with E-state index in [1.807, 2.05) is 0 Å². The van der Waals surface area contributed by atoms with Crippen molar-refractivity contribution in [2.75, 3.05) is 19.8 Å². The van der Waals surface area contributed by atoms with Gasteiger partial charge in [0, 0.05) is 6.61 Å². The van der Waals surface area contributed by atoms with Gasteiger partial charge in [0.15, 0.2) is 0 Å². The molecule has 0 bridgehead atoms. The van der Waals surface area contributed by atoms with E-state index < -0.39 is 5.54 Å². The minimum Gasteiger partial charge on any atom is -0.378 e. The number of nitriles is 1. The smallest absolute Gasteiger partial charge is 0.133 e. The minimum absolute atomic E-state index is 0.412. The predicted molar refractivity (Wildman–Crippen MR) is 60.5 cm³/mol. The fourth-order valence-electron chi connectivity index (χ4n) is 1.78. The van der Waals surface area contributed by atoms with Crippen molar-refractivity contribution in [1.29, 1.82) is 5.26 Å². The summed E-state index contributed by atoms with van der Waals surface area (Å²) in [7, 11) is 0. The third kappa shape index (κ3) is 3.48. The maximum Gasteiger partial charge on any atom is 0.133 e. The van der Waals surface area contributed by atoms with E-state index in [0.717, 1.165) is 26.0 Å². The van der Waals surface area contributed by atoms with Crippen molar-refractivity contribution in [2.24, 2.45) is 5.92 Å². The molecule has 0 amide bonds. The Morgan fingerprint density at radius 3 is 2.60 bits per heavy atom. The van der Waals surface area contributed by atoms with Gasteiger partial charge >= 0.3 is 0 Å².